The Kier molecular flexibility index (Phi) is 5.18. The number of aromatic nitrogens is 6. The summed E-state index contributed by atoms with van der Waals surface area (Å²) in [6, 6.07) is 5.71. The monoisotopic (exact) mass is 405 g/mol. The van der Waals surface area contributed by atoms with Crippen LogP contribution in [0.1, 0.15) is 22.4 Å². The number of amides is 1. The fourth-order valence-corrected chi connectivity index (χ4v) is 3.60. The van der Waals surface area contributed by atoms with Gasteiger partial charge < -0.3 is 5.32 Å². The molecule has 0 aliphatic heterocycles. The van der Waals surface area contributed by atoms with Crippen molar-refractivity contribution in [2.45, 2.75) is 33.2 Å². The molecule has 1 amide bonds. The van der Waals surface area contributed by atoms with E-state index in [0.717, 1.165) is 23.2 Å². The lowest BCUT2D eigenvalue weighted by molar-refractivity contribution is -0.115. The highest BCUT2D eigenvalue weighted by atomic mass is 16.1. The van der Waals surface area contributed by atoms with E-state index in [1.165, 1.54) is 5.56 Å². The minimum atomic E-state index is -0.202. The highest BCUT2D eigenvalue weighted by molar-refractivity contribution is 5.92. The third kappa shape index (κ3) is 3.86. The molecule has 0 aliphatic carbocycles. The molecular weight excluding hydrogens is 382 g/mol. The van der Waals surface area contributed by atoms with Gasteiger partial charge in [0.1, 0.15) is 0 Å². The van der Waals surface area contributed by atoms with Crippen LogP contribution in [0, 0.1) is 13.8 Å². The van der Waals surface area contributed by atoms with Gasteiger partial charge in [-0.2, -0.15) is 5.10 Å². The molecule has 9 heteroatoms. The Morgan fingerprint density at radius 1 is 1.20 bits per heavy atom. The molecule has 0 fully saturated rings. The van der Waals surface area contributed by atoms with Gasteiger partial charge in [-0.05, 0) is 49.1 Å². The fraction of sp³-hybridized carbons (Fsp3) is 0.286. The van der Waals surface area contributed by atoms with E-state index in [4.69, 9.17) is 0 Å². The Hall–Kier alpha value is -3.75. The van der Waals surface area contributed by atoms with Gasteiger partial charge in [0.15, 0.2) is 11.5 Å². The van der Waals surface area contributed by atoms with Gasteiger partial charge in [0, 0.05) is 43.9 Å². The first-order valence-electron chi connectivity index (χ1n) is 9.69. The zero-order chi connectivity index (χ0) is 21.3. The maximum absolute atomic E-state index is 12.6. The molecule has 4 aromatic heterocycles. The number of hydrogen-bond acceptors (Lipinski definition) is 5. The zero-order valence-corrected chi connectivity index (χ0v) is 17.1. The van der Waals surface area contributed by atoms with Crippen molar-refractivity contribution in [1.82, 2.24) is 29.5 Å². The summed E-state index contributed by atoms with van der Waals surface area (Å²) in [6.45, 7) is 4.40. The predicted molar refractivity (Wildman–Crippen MR) is 113 cm³/mol. The Balaban J connectivity index is 1.45. The number of nitrogens with zero attached hydrogens (tertiary/aromatic N) is 5. The van der Waals surface area contributed by atoms with E-state index in [2.05, 4.69) is 25.5 Å². The first kappa shape index (κ1) is 19.6. The number of nitrogens with one attached hydrogen (secondary N) is 2. The summed E-state index contributed by atoms with van der Waals surface area (Å²) in [5.74, 6) is 0.297. The van der Waals surface area contributed by atoms with Crippen LogP contribution in [0.3, 0.4) is 0 Å². The second kappa shape index (κ2) is 7.94. The van der Waals surface area contributed by atoms with Crippen molar-refractivity contribution >= 4 is 22.8 Å². The number of carbonyl (C=O) groups is 1. The molecule has 0 radical (unpaired) electrons. The minimum Gasteiger partial charge on any atom is -0.309 e. The molecule has 0 spiro atoms. The summed E-state index contributed by atoms with van der Waals surface area (Å²) >= 11 is 0. The number of aryl methyl sites for hydroxylation is 5. The van der Waals surface area contributed by atoms with E-state index in [9.17, 15) is 9.59 Å². The lowest BCUT2D eigenvalue weighted by Gasteiger charge is -2.10. The van der Waals surface area contributed by atoms with Gasteiger partial charge in [0.25, 0.3) is 5.56 Å². The lowest BCUT2D eigenvalue weighted by Crippen LogP contribution is -2.17. The van der Waals surface area contributed by atoms with Crippen molar-refractivity contribution in [3.05, 3.63) is 69.5 Å². The number of anilines is 1. The van der Waals surface area contributed by atoms with Crippen molar-refractivity contribution < 1.29 is 4.79 Å². The molecular formula is C21H23N7O2. The van der Waals surface area contributed by atoms with E-state index in [0.29, 0.717) is 23.4 Å². The number of rotatable bonds is 6. The molecule has 2 N–H and O–H groups in total. The van der Waals surface area contributed by atoms with E-state index in [1.807, 2.05) is 32.2 Å². The summed E-state index contributed by atoms with van der Waals surface area (Å²) in [5.41, 5.74) is 3.83. The van der Waals surface area contributed by atoms with Gasteiger partial charge in [0.05, 0.1) is 11.8 Å². The van der Waals surface area contributed by atoms with E-state index in [1.54, 1.807) is 34.9 Å². The molecule has 4 rings (SSSR count). The first-order valence-corrected chi connectivity index (χ1v) is 9.69. The lowest BCUT2D eigenvalue weighted by atomic mass is 10.0. The molecule has 0 saturated heterocycles. The number of fused-ring (bicyclic) bond motifs is 1. The molecule has 9 nitrogen and oxygen atoms in total. The van der Waals surface area contributed by atoms with Crippen molar-refractivity contribution in [3.63, 3.8) is 0 Å². The number of aromatic amines is 1. The molecule has 154 valence electrons. The Bertz CT molecular complexity index is 1270. The zero-order valence-electron chi connectivity index (χ0n) is 17.1. The number of pyridine rings is 2. The van der Waals surface area contributed by atoms with Gasteiger partial charge >= 0.3 is 0 Å². The van der Waals surface area contributed by atoms with Gasteiger partial charge in [-0.1, -0.05) is 0 Å². The predicted octanol–water partition coefficient (Wildman–Crippen LogP) is 1.89. The molecule has 0 unspecified atom stereocenters. The quantitative estimate of drug-likeness (QED) is 0.509. The van der Waals surface area contributed by atoms with Crippen LogP contribution in [0.15, 0.2) is 41.6 Å². The summed E-state index contributed by atoms with van der Waals surface area (Å²) in [4.78, 5) is 33.3. The van der Waals surface area contributed by atoms with Gasteiger partial charge in [-0.3, -0.25) is 29.0 Å². The summed E-state index contributed by atoms with van der Waals surface area (Å²) in [5, 5.41) is 10.5. The molecule has 30 heavy (non-hydrogen) atoms. The third-order valence-electron chi connectivity index (χ3n) is 5.20. The average molecular weight is 405 g/mol. The molecule has 4 aromatic rings. The standard InChI is InChI=1S/C21H23N7O2/c1-13-16(14(2)23-20-19(13)21(30)26-27(20)3)12-18(29)24-17-7-11-28(25-17)10-6-15-4-8-22-9-5-15/h4-5,7-9,11H,6,10,12H2,1-3H3,(H,26,30)(H,24,25,29). The molecule has 0 atom stereocenters. The van der Waals surface area contributed by atoms with E-state index < -0.39 is 0 Å². The van der Waals surface area contributed by atoms with Crippen molar-refractivity contribution in [3.8, 4) is 0 Å². The van der Waals surface area contributed by atoms with Crippen molar-refractivity contribution in [2.75, 3.05) is 5.32 Å². The van der Waals surface area contributed by atoms with Gasteiger partial charge in [-0.15, -0.1) is 0 Å². The van der Waals surface area contributed by atoms with Gasteiger partial charge in [-0.25, -0.2) is 4.98 Å². The van der Waals surface area contributed by atoms with Crippen molar-refractivity contribution in [1.29, 1.82) is 0 Å². The highest BCUT2D eigenvalue weighted by Crippen LogP contribution is 2.20. The normalized spacial score (nSPS) is 11.2. The van der Waals surface area contributed by atoms with Crippen LogP contribution in [0.5, 0.6) is 0 Å². The highest BCUT2D eigenvalue weighted by Gasteiger charge is 2.17. The van der Waals surface area contributed by atoms with E-state index >= 15 is 0 Å². The molecule has 4 heterocycles. The molecule has 0 aromatic carbocycles. The third-order valence-corrected chi connectivity index (χ3v) is 5.20. The molecule has 0 bridgehead atoms. The van der Waals surface area contributed by atoms with Crippen LogP contribution < -0.4 is 10.9 Å². The summed E-state index contributed by atoms with van der Waals surface area (Å²) < 4.78 is 3.39. The molecule has 0 saturated carbocycles. The maximum atomic E-state index is 12.6. The fourth-order valence-electron chi connectivity index (χ4n) is 3.60. The molecule has 0 aliphatic rings. The Morgan fingerprint density at radius 2 is 1.97 bits per heavy atom. The second-order valence-corrected chi connectivity index (χ2v) is 7.29. The van der Waals surface area contributed by atoms with Crippen LogP contribution in [0.2, 0.25) is 0 Å². The largest absolute Gasteiger partial charge is 0.309 e. The van der Waals surface area contributed by atoms with Crippen LogP contribution in [-0.2, 0) is 31.2 Å². The summed E-state index contributed by atoms with van der Waals surface area (Å²) in [6.07, 6.45) is 6.32. The van der Waals surface area contributed by atoms with E-state index in [-0.39, 0.29) is 17.9 Å². The van der Waals surface area contributed by atoms with Crippen LogP contribution in [-0.4, -0.2) is 35.4 Å². The van der Waals surface area contributed by atoms with Crippen LogP contribution in [0.4, 0.5) is 5.82 Å². The first-order chi connectivity index (χ1) is 14.4. The number of carbonyl (C=O) groups excluding carboxylic acids is 1. The number of hydrogen-bond donors (Lipinski definition) is 2. The Labute approximate surface area is 172 Å². The SMILES string of the molecule is Cc1nc2c(c(C)c1CC(=O)Nc1ccn(CCc3ccncc3)n1)c(=O)[nH]n2C. The Morgan fingerprint density at radius 3 is 2.73 bits per heavy atom. The van der Waals surface area contributed by atoms with Crippen LogP contribution >= 0.6 is 0 Å². The number of H-pyrrole nitrogens is 1. The topological polar surface area (TPSA) is 110 Å². The minimum absolute atomic E-state index is 0.124. The smallest absolute Gasteiger partial charge is 0.273 e. The summed E-state index contributed by atoms with van der Waals surface area (Å²) in [7, 11) is 1.74. The average Bonchev–Trinajstić information content (AvgIpc) is 3.28. The van der Waals surface area contributed by atoms with Crippen LogP contribution in [0.25, 0.3) is 11.0 Å². The maximum Gasteiger partial charge on any atom is 0.273 e. The van der Waals surface area contributed by atoms with Gasteiger partial charge in [0.2, 0.25) is 5.91 Å². The van der Waals surface area contributed by atoms with Crippen molar-refractivity contribution in [2.24, 2.45) is 7.05 Å². The second-order valence-electron chi connectivity index (χ2n) is 7.29.